The van der Waals surface area contributed by atoms with E-state index >= 15 is 0 Å². The van der Waals surface area contributed by atoms with Crippen LogP contribution in [0.2, 0.25) is 0 Å². The van der Waals surface area contributed by atoms with Crippen molar-refractivity contribution in [2.45, 2.75) is 13.8 Å². The lowest BCUT2D eigenvalue weighted by Gasteiger charge is -2.07. The van der Waals surface area contributed by atoms with E-state index in [0.717, 1.165) is 11.1 Å². The Labute approximate surface area is 129 Å². The van der Waals surface area contributed by atoms with Gasteiger partial charge in [-0.15, -0.1) is 0 Å². The van der Waals surface area contributed by atoms with Crippen LogP contribution in [0.4, 0.5) is 0 Å². The summed E-state index contributed by atoms with van der Waals surface area (Å²) < 4.78 is 10.2. The fourth-order valence-corrected chi connectivity index (χ4v) is 1.98. The Morgan fingerprint density at radius 2 is 1.18 bits per heavy atom. The molecule has 0 fully saturated rings. The lowest BCUT2D eigenvalue weighted by Crippen LogP contribution is -2.14. The van der Waals surface area contributed by atoms with Crippen LogP contribution in [0.3, 0.4) is 0 Å². The van der Waals surface area contributed by atoms with Crippen LogP contribution in [-0.2, 0) is 9.47 Å². The van der Waals surface area contributed by atoms with E-state index in [-0.39, 0.29) is 13.2 Å². The minimum atomic E-state index is -0.421. The number of hydrogen-bond acceptors (Lipinski definition) is 4. The van der Waals surface area contributed by atoms with Crippen LogP contribution < -0.4 is 0 Å². The average Bonchev–Trinajstić information content (AvgIpc) is 2.51. The van der Waals surface area contributed by atoms with Gasteiger partial charge in [-0.1, -0.05) is 35.4 Å². The van der Waals surface area contributed by atoms with E-state index in [2.05, 4.69) is 0 Å². The summed E-state index contributed by atoms with van der Waals surface area (Å²) in [4.78, 5) is 23.6. The molecule has 0 radical (unpaired) electrons. The topological polar surface area (TPSA) is 52.6 Å². The van der Waals surface area contributed by atoms with Gasteiger partial charge in [0, 0.05) is 0 Å². The van der Waals surface area contributed by atoms with Crippen molar-refractivity contribution in [3.63, 3.8) is 0 Å². The number of ether oxygens (including phenoxy) is 2. The summed E-state index contributed by atoms with van der Waals surface area (Å²) in [6.07, 6.45) is 0. The van der Waals surface area contributed by atoms with E-state index < -0.39 is 11.9 Å². The number of esters is 2. The number of rotatable bonds is 5. The van der Waals surface area contributed by atoms with Crippen LogP contribution in [-0.4, -0.2) is 25.2 Å². The summed E-state index contributed by atoms with van der Waals surface area (Å²) in [5.74, 6) is -0.842. The van der Waals surface area contributed by atoms with Crippen LogP contribution >= 0.6 is 0 Å². The van der Waals surface area contributed by atoms with Gasteiger partial charge in [0.2, 0.25) is 0 Å². The number of hydrogen-bond donors (Lipinski definition) is 0. The molecule has 0 bridgehead atoms. The Morgan fingerprint density at radius 3 is 1.55 bits per heavy atom. The van der Waals surface area contributed by atoms with E-state index in [4.69, 9.17) is 9.47 Å². The van der Waals surface area contributed by atoms with Crippen molar-refractivity contribution in [1.29, 1.82) is 0 Å². The number of benzene rings is 2. The second kappa shape index (κ2) is 7.41. The average molecular weight is 298 g/mol. The van der Waals surface area contributed by atoms with Crippen LogP contribution in [0, 0.1) is 13.8 Å². The molecule has 0 amide bonds. The van der Waals surface area contributed by atoms with E-state index in [1.54, 1.807) is 36.4 Å². The first kappa shape index (κ1) is 15.8. The summed E-state index contributed by atoms with van der Waals surface area (Å²) in [6.45, 7) is 3.87. The highest BCUT2D eigenvalue weighted by molar-refractivity contribution is 5.90. The summed E-state index contributed by atoms with van der Waals surface area (Å²) in [7, 11) is 0. The highest BCUT2D eigenvalue weighted by Crippen LogP contribution is 2.07. The van der Waals surface area contributed by atoms with Crippen molar-refractivity contribution in [2.24, 2.45) is 0 Å². The fourth-order valence-electron chi connectivity index (χ4n) is 1.98. The fraction of sp³-hybridized carbons (Fsp3) is 0.222. The highest BCUT2D eigenvalue weighted by Gasteiger charge is 2.09. The second-order valence-corrected chi connectivity index (χ2v) is 5.01. The Bertz CT molecular complexity index is 617. The predicted octanol–water partition coefficient (Wildman–Crippen LogP) is 3.32. The van der Waals surface area contributed by atoms with Crippen molar-refractivity contribution in [1.82, 2.24) is 0 Å². The molecule has 0 N–H and O–H groups in total. The molecule has 0 aliphatic heterocycles. The Kier molecular flexibility index (Phi) is 5.31. The van der Waals surface area contributed by atoms with Crippen molar-refractivity contribution in [3.8, 4) is 0 Å². The van der Waals surface area contributed by atoms with Gasteiger partial charge < -0.3 is 9.47 Å². The first-order chi connectivity index (χ1) is 10.6. The molecule has 0 spiro atoms. The summed E-state index contributed by atoms with van der Waals surface area (Å²) in [6, 6.07) is 14.3. The van der Waals surface area contributed by atoms with E-state index in [0.29, 0.717) is 11.1 Å². The molecule has 0 aromatic heterocycles. The Hall–Kier alpha value is -2.62. The molecular weight excluding hydrogens is 280 g/mol. The van der Waals surface area contributed by atoms with Gasteiger partial charge in [0.25, 0.3) is 0 Å². The lowest BCUT2D eigenvalue weighted by atomic mass is 10.1. The monoisotopic (exact) mass is 298 g/mol. The third-order valence-corrected chi connectivity index (χ3v) is 3.06. The van der Waals surface area contributed by atoms with Gasteiger partial charge in [-0.3, -0.25) is 0 Å². The number of carbonyl (C=O) groups is 2. The zero-order chi connectivity index (χ0) is 15.9. The molecule has 0 saturated heterocycles. The minimum Gasteiger partial charge on any atom is -0.458 e. The molecule has 2 aromatic carbocycles. The van der Waals surface area contributed by atoms with Crippen molar-refractivity contribution in [2.75, 3.05) is 13.2 Å². The van der Waals surface area contributed by atoms with Gasteiger partial charge in [0.15, 0.2) is 0 Å². The van der Waals surface area contributed by atoms with Crippen molar-refractivity contribution in [3.05, 3.63) is 70.8 Å². The quantitative estimate of drug-likeness (QED) is 0.627. The SMILES string of the molecule is Cc1cccc(C(=O)OCCOC(=O)c2cccc(C)c2)c1. The molecule has 2 rings (SSSR count). The van der Waals surface area contributed by atoms with Crippen LogP contribution in [0.5, 0.6) is 0 Å². The van der Waals surface area contributed by atoms with Gasteiger partial charge in [0.1, 0.15) is 13.2 Å². The Balaban J connectivity index is 1.77. The summed E-state index contributed by atoms with van der Waals surface area (Å²) in [5, 5.41) is 0. The van der Waals surface area contributed by atoms with Crippen LogP contribution in [0.1, 0.15) is 31.8 Å². The van der Waals surface area contributed by atoms with Gasteiger partial charge >= 0.3 is 11.9 Å². The highest BCUT2D eigenvalue weighted by atomic mass is 16.6. The minimum absolute atomic E-state index is 0.0321. The molecule has 0 unspecified atom stereocenters. The zero-order valence-corrected chi connectivity index (χ0v) is 12.7. The number of aryl methyl sites for hydroxylation is 2. The van der Waals surface area contributed by atoms with E-state index in [1.807, 2.05) is 26.0 Å². The summed E-state index contributed by atoms with van der Waals surface area (Å²) >= 11 is 0. The smallest absolute Gasteiger partial charge is 0.338 e. The van der Waals surface area contributed by atoms with E-state index in [9.17, 15) is 9.59 Å². The maximum Gasteiger partial charge on any atom is 0.338 e. The third kappa shape index (κ3) is 4.45. The summed E-state index contributed by atoms with van der Waals surface area (Å²) in [5.41, 5.74) is 2.95. The van der Waals surface area contributed by atoms with Crippen molar-refractivity contribution >= 4 is 11.9 Å². The van der Waals surface area contributed by atoms with Gasteiger partial charge in [-0.05, 0) is 38.1 Å². The largest absolute Gasteiger partial charge is 0.458 e. The maximum atomic E-state index is 11.8. The first-order valence-electron chi connectivity index (χ1n) is 7.04. The van der Waals surface area contributed by atoms with Crippen LogP contribution in [0.15, 0.2) is 48.5 Å². The molecule has 2 aromatic rings. The van der Waals surface area contributed by atoms with Crippen molar-refractivity contribution < 1.29 is 19.1 Å². The van der Waals surface area contributed by atoms with Gasteiger partial charge in [-0.25, -0.2) is 9.59 Å². The molecule has 0 aliphatic carbocycles. The normalized spacial score (nSPS) is 10.1. The van der Waals surface area contributed by atoms with Gasteiger partial charge in [-0.2, -0.15) is 0 Å². The van der Waals surface area contributed by atoms with E-state index in [1.165, 1.54) is 0 Å². The number of carbonyl (C=O) groups excluding carboxylic acids is 2. The standard InChI is InChI=1S/C18H18O4/c1-13-5-3-7-15(11-13)17(19)21-9-10-22-18(20)16-8-4-6-14(2)12-16/h3-8,11-12H,9-10H2,1-2H3. The van der Waals surface area contributed by atoms with Gasteiger partial charge in [0.05, 0.1) is 11.1 Å². The molecule has 0 heterocycles. The first-order valence-corrected chi connectivity index (χ1v) is 7.04. The molecule has 0 saturated carbocycles. The molecule has 114 valence electrons. The Morgan fingerprint density at radius 1 is 0.773 bits per heavy atom. The maximum absolute atomic E-state index is 11.8. The molecule has 0 aliphatic rings. The lowest BCUT2D eigenvalue weighted by molar-refractivity contribution is 0.0265. The molecule has 22 heavy (non-hydrogen) atoms. The third-order valence-electron chi connectivity index (χ3n) is 3.06. The molecule has 0 atom stereocenters. The second-order valence-electron chi connectivity index (χ2n) is 5.01. The molecule has 4 nitrogen and oxygen atoms in total. The predicted molar refractivity (Wildman–Crippen MR) is 82.9 cm³/mol. The van der Waals surface area contributed by atoms with Crippen LogP contribution in [0.25, 0.3) is 0 Å². The molecular formula is C18H18O4. The zero-order valence-electron chi connectivity index (χ0n) is 12.7. The molecule has 4 heteroatoms.